The second kappa shape index (κ2) is 8.16. The highest BCUT2D eigenvalue weighted by Crippen LogP contribution is 2.42. The molecule has 3 fully saturated rings. The van der Waals surface area contributed by atoms with E-state index in [4.69, 9.17) is 9.47 Å². The summed E-state index contributed by atoms with van der Waals surface area (Å²) in [7, 11) is 0. The minimum atomic E-state index is 0.454. The van der Waals surface area contributed by atoms with Crippen molar-refractivity contribution in [2.45, 2.75) is 57.1 Å². The normalized spacial score (nSPS) is 39.9. The Morgan fingerprint density at radius 3 is 2.71 bits per heavy atom. The van der Waals surface area contributed by atoms with Crippen molar-refractivity contribution in [2.75, 3.05) is 32.9 Å². The molecule has 5 atom stereocenters. The van der Waals surface area contributed by atoms with Gasteiger partial charge in [-0.05, 0) is 49.9 Å². The maximum Gasteiger partial charge on any atom is 0.0730 e. The highest BCUT2D eigenvalue weighted by molar-refractivity contribution is 5.17. The molecule has 0 radical (unpaired) electrons. The third kappa shape index (κ3) is 3.79. The van der Waals surface area contributed by atoms with Crippen LogP contribution in [0.15, 0.2) is 24.3 Å². The highest BCUT2D eigenvalue weighted by Gasteiger charge is 2.35. The van der Waals surface area contributed by atoms with Crippen molar-refractivity contribution in [3.8, 4) is 0 Å². The Morgan fingerprint density at radius 2 is 1.79 bits per heavy atom. The highest BCUT2D eigenvalue weighted by atomic mass is 16.5. The average Bonchev–Trinajstić information content (AvgIpc) is 3.06. The van der Waals surface area contributed by atoms with Gasteiger partial charge in [-0.2, -0.15) is 0 Å². The Balaban J connectivity index is 1.26. The Labute approximate surface area is 147 Å². The van der Waals surface area contributed by atoms with Crippen molar-refractivity contribution in [1.82, 2.24) is 4.90 Å². The molecule has 3 aliphatic carbocycles. The molecule has 134 valence electrons. The standard InChI is InChI=1S/C21H33NO2/c1-2-6-19-17(5-1)9-10-18(19)11-14-24-21-8-4-3-7-20(21)22-12-15-23-16-13-22/h1-2,5-6,17-21H,3-4,7-16H2/t17?,18?,19?,20?,21-/m0/s1. The molecule has 1 aliphatic heterocycles. The van der Waals surface area contributed by atoms with Gasteiger partial charge in [0, 0.05) is 25.7 Å². The van der Waals surface area contributed by atoms with Crippen molar-refractivity contribution in [2.24, 2.45) is 17.8 Å². The molecule has 2 saturated carbocycles. The zero-order valence-electron chi connectivity index (χ0n) is 14.9. The third-order valence-electron chi connectivity index (χ3n) is 6.72. The van der Waals surface area contributed by atoms with E-state index in [9.17, 15) is 0 Å². The fraction of sp³-hybridized carbons (Fsp3) is 0.810. The van der Waals surface area contributed by atoms with Crippen LogP contribution < -0.4 is 0 Å². The first kappa shape index (κ1) is 16.8. The quantitative estimate of drug-likeness (QED) is 0.765. The van der Waals surface area contributed by atoms with Crippen molar-refractivity contribution in [1.29, 1.82) is 0 Å². The van der Waals surface area contributed by atoms with Crippen molar-refractivity contribution < 1.29 is 9.47 Å². The van der Waals surface area contributed by atoms with Gasteiger partial charge in [-0.25, -0.2) is 0 Å². The first-order valence-corrected chi connectivity index (χ1v) is 10.2. The second-order valence-corrected chi connectivity index (χ2v) is 8.05. The molecule has 4 unspecified atom stereocenters. The number of hydrogen-bond donors (Lipinski definition) is 0. The van der Waals surface area contributed by atoms with Gasteiger partial charge in [0.2, 0.25) is 0 Å². The minimum absolute atomic E-state index is 0.454. The van der Waals surface area contributed by atoms with Crippen LogP contribution in [0.3, 0.4) is 0 Å². The molecule has 4 rings (SSSR count). The van der Waals surface area contributed by atoms with Gasteiger partial charge in [0.05, 0.1) is 19.3 Å². The van der Waals surface area contributed by atoms with Gasteiger partial charge in [0.1, 0.15) is 0 Å². The van der Waals surface area contributed by atoms with Crippen LogP contribution in [0.25, 0.3) is 0 Å². The fourth-order valence-corrected chi connectivity index (χ4v) is 5.37. The Morgan fingerprint density at radius 1 is 0.958 bits per heavy atom. The van der Waals surface area contributed by atoms with Gasteiger partial charge in [-0.1, -0.05) is 37.1 Å². The average molecular weight is 332 g/mol. The van der Waals surface area contributed by atoms with Crippen LogP contribution in [-0.2, 0) is 9.47 Å². The lowest BCUT2D eigenvalue weighted by Gasteiger charge is -2.41. The predicted octanol–water partition coefficient (Wildman–Crippen LogP) is 3.80. The molecule has 0 amide bonds. The zero-order valence-corrected chi connectivity index (χ0v) is 14.9. The number of nitrogens with zero attached hydrogens (tertiary/aromatic N) is 1. The van der Waals surface area contributed by atoms with Crippen molar-refractivity contribution >= 4 is 0 Å². The summed E-state index contributed by atoms with van der Waals surface area (Å²) >= 11 is 0. The molecule has 3 heteroatoms. The van der Waals surface area contributed by atoms with E-state index in [-0.39, 0.29) is 0 Å². The summed E-state index contributed by atoms with van der Waals surface area (Å²) in [6.07, 6.45) is 19.1. The summed E-state index contributed by atoms with van der Waals surface area (Å²) in [5.41, 5.74) is 0. The van der Waals surface area contributed by atoms with E-state index < -0.39 is 0 Å². The zero-order chi connectivity index (χ0) is 16.2. The molecule has 0 aromatic carbocycles. The summed E-state index contributed by atoms with van der Waals surface area (Å²) in [6.45, 7) is 4.93. The van der Waals surface area contributed by atoms with E-state index in [0.29, 0.717) is 12.1 Å². The Bertz CT molecular complexity index is 455. The minimum Gasteiger partial charge on any atom is -0.379 e. The van der Waals surface area contributed by atoms with E-state index in [0.717, 1.165) is 50.7 Å². The maximum absolute atomic E-state index is 6.47. The number of allylic oxidation sites excluding steroid dienone is 4. The summed E-state index contributed by atoms with van der Waals surface area (Å²) in [6, 6.07) is 0.636. The number of hydrogen-bond acceptors (Lipinski definition) is 3. The molecule has 0 N–H and O–H groups in total. The van der Waals surface area contributed by atoms with Gasteiger partial charge >= 0.3 is 0 Å². The summed E-state index contributed by atoms with van der Waals surface area (Å²) in [5, 5.41) is 0. The number of rotatable bonds is 5. The maximum atomic E-state index is 6.47. The predicted molar refractivity (Wildman–Crippen MR) is 97.0 cm³/mol. The molecule has 0 aromatic rings. The number of morpholine rings is 1. The first-order chi connectivity index (χ1) is 11.9. The molecular weight excluding hydrogens is 298 g/mol. The Kier molecular flexibility index (Phi) is 5.71. The van der Waals surface area contributed by atoms with Crippen molar-refractivity contribution in [3.05, 3.63) is 24.3 Å². The molecule has 1 saturated heterocycles. The molecular formula is C21H33NO2. The lowest BCUT2D eigenvalue weighted by atomic mass is 9.85. The van der Waals surface area contributed by atoms with Crippen LogP contribution in [0.1, 0.15) is 44.9 Å². The van der Waals surface area contributed by atoms with E-state index >= 15 is 0 Å². The van der Waals surface area contributed by atoms with E-state index in [1.165, 1.54) is 44.9 Å². The Hall–Kier alpha value is -0.640. The summed E-state index contributed by atoms with van der Waals surface area (Å²) in [4.78, 5) is 2.63. The van der Waals surface area contributed by atoms with Crippen molar-refractivity contribution in [3.63, 3.8) is 0 Å². The van der Waals surface area contributed by atoms with E-state index in [1.807, 2.05) is 0 Å². The lowest BCUT2D eigenvalue weighted by Crippen LogP contribution is -2.51. The molecule has 0 aromatic heterocycles. The fourth-order valence-electron chi connectivity index (χ4n) is 5.37. The van der Waals surface area contributed by atoms with Crippen LogP contribution in [-0.4, -0.2) is 50.0 Å². The first-order valence-electron chi connectivity index (χ1n) is 10.2. The molecule has 24 heavy (non-hydrogen) atoms. The van der Waals surface area contributed by atoms with Gasteiger partial charge in [-0.15, -0.1) is 0 Å². The van der Waals surface area contributed by atoms with Gasteiger partial charge in [0.25, 0.3) is 0 Å². The monoisotopic (exact) mass is 331 g/mol. The molecule has 0 spiro atoms. The van der Waals surface area contributed by atoms with Crippen LogP contribution in [0.5, 0.6) is 0 Å². The molecule has 4 aliphatic rings. The van der Waals surface area contributed by atoms with Gasteiger partial charge in [0.15, 0.2) is 0 Å². The van der Waals surface area contributed by atoms with Crippen LogP contribution >= 0.6 is 0 Å². The summed E-state index contributed by atoms with van der Waals surface area (Å²) < 4.78 is 12.0. The summed E-state index contributed by atoms with van der Waals surface area (Å²) in [5.74, 6) is 2.41. The third-order valence-corrected chi connectivity index (χ3v) is 6.72. The molecule has 1 heterocycles. The smallest absolute Gasteiger partial charge is 0.0730 e. The largest absolute Gasteiger partial charge is 0.379 e. The van der Waals surface area contributed by atoms with Crippen LogP contribution in [0.2, 0.25) is 0 Å². The SMILES string of the molecule is C1=CC2CCC(CCO[C@H]3CCCCC3N3CCOCC3)C2C=C1. The number of fused-ring (bicyclic) bond motifs is 1. The van der Waals surface area contributed by atoms with Crippen LogP contribution in [0.4, 0.5) is 0 Å². The topological polar surface area (TPSA) is 21.7 Å². The van der Waals surface area contributed by atoms with E-state index in [2.05, 4.69) is 29.2 Å². The van der Waals surface area contributed by atoms with Gasteiger partial charge in [-0.3, -0.25) is 4.90 Å². The number of ether oxygens (including phenoxy) is 2. The second-order valence-electron chi connectivity index (χ2n) is 8.05. The van der Waals surface area contributed by atoms with Crippen LogP contribution in [0, 0.1) is 17.8 Å². The molecule has 3 nitrogen and oxygen atoms in total. The van der Waals surface area contributed by atoms with Gasteiger partial charge < -0.3 is 9.47 Å². The lowest BCUT2D eigenvalue weighted by molar-refractivity contribution is -0.0680. The van der Waals surface area contributed by atoms with E-state index in [1.54, 1.807) is 0 Å². The molecule has 0 bridgehead atoms.